The zero-order valence-corrected chi connectivity index (χ0v) is 14.7. The molecular formula is C18H17FN6O2. The highest BCUT2D eigenvalue weighted by molar-refractivity contribution is 6.01. The van der Waals surface area contributed by atoms with Crippen LogP contribution >= 0.6 is 0 Å². The number of imide groups is 1. The van der Waals surface area contributed by atoms with Crippen molar-refractivity contribution in [2.75, 3.05) is 5.32 Å². The third-order valence-electron chi connectivity index (χ3n) is 3.72. The van der Waals surface area contributed by atoms with E-state index in [1.54, 1.807) is 6.07 Å². The molecule has 0 fully saturated rings. The SMILES string of the molecule is Cc1ccc(NC(=O)NC(=O)Cn2nnc(-c3ccc(F)cc3)n2)c(C)c1. The number of hydrogen-bond donors (Lipinski definition) is 2. The molecule has 9 heteroatoms. The lowest BCUT2D eigenvalue weighted by atomic mass is 10.1. The highest BCUT2D eigenvalue weighted by Gasteiger charge is 2.13. The summed E-state index contributed by atoms with van der Waals surface area (Å²) in [6.45, 7) is 3.53. The second kappa shape index (κ2) is 7.73. The van der Waals surface area contributed by atoms with E-state index in [0.29, 0.717) is 11.3 Å². The van der Waals surface area contributed by atoms with E-state index in [1.807, 2.05) is 26.0 Å². The molecule has 0 aliphatic heterocycles. The summed E-state index contributed by atoms with van der Waals surface area (Å²) >= 11 is 0. The largest absolute Gasteiger partial charge is 0.325 e. The number of rotatable bonds is 4. The first-order valence-electron chi connectivity index (χ1n) is 8.12. The number of carbonyl (C=O) groups is 2. The number of anilines is 1. The molecule has 0 saturated heterocycles. The Balaban J connectivity index is 1.57. The van der Waals surface area contributed by atoms with Gasteiger partial charge in [-0.3, -0.25) is 10.1 Å². The maximum atomic E-state index is 12.9. The second-order valence-electron chi connectivity index (χ2n) is 5.97. The van der Waals surface area contributed by atoms with Gasteiger partial charge in [-0.25, -0.2) is 9.18 Å². The molecule has 0 bridgehead atoms. The van der Waals surface area contributed by atoms with Crippen molar-refractivity contribution < 1.29 is 14.0 Å². The maximum absolute atomic E-state index is 12.9. The quantitative estimate of drug-likeness (QED) is 0.736. The number of aryl methyl sites for hydroxylation is 2. The third-order valence-corrected chi connectivity index (χ3v) is 3.72. The molecule has 1 aromatic heterocycles. The Morgan fingerprint density at radius 3 is 2.56 bits per heavy atom. The van der Waals surface area contributed by atoms with Crippen LogP contribution in [0.15, 0.2) is 42.5 Å². The summed E-state index contributed by atoms with van der Waals surface area (Å²) in [5.74, 6) is -0.719. The Labute approximate surface area is 154 Å². The molecule has 138 valence electrons. The van der Waals surface area contributed by atoms with Gasteiger partial charge in [-0.1, -0.05) is 17.7 Å². The molecular weight excluding hydrogens is 351 g/mol. The van der Waals surface area contributed by atoms with Gasteiger partial charge in [0.25, 0.3) is 5.91 Å². The van der Waals surface area contributed by atoms with Crippen LogP contribution in [0.3, 0.4) is 0 Å². The molecule has 3 aromatic rings. The zero-order valence-electron chi connectivity index (χ0n) is 14.7. The van der Waals surface area contributed by atoms with E-state index < -0.39 is 11.9 Å². The van der Waals surface area contributed by atoms with E-state index >= 15 is 0 Å². The lowest BCUT2D eigenvalue weighted by Crippen LogP contribution is -2.37. The lowest BCUT2D eigenvalue weighted by Gasteiger charge is -2.09. The van der Waals surface area contributed by atoms with E-state index in [4.69, 9.17) is 0 Å². The van der Waals surface area contributed by atoms with E-state index in [1.165, 1.54) is 24.3 Å². The van der Waals surface area contributed by atoms with Crippen molar-refractivity contribution in [2.45, 2.75) is 20.4 Å². The lowest BCUT2D eigenvalue weighted by molar-refractivity contribution is -0.120. The predicted octanol–water partition coefficient (Wildman–Crippen LogP) is 2.44. The van der Waals surface area contributed by atoms with E-state index in [2.05, 4.69) is 26.0 Å². The summed E-state index contributed by atoms with van der Waals surface area (Å²) < 4.78 is 12.9. The third kappa shape index (κ3) is 4.72. The van der Waals surface area contributed by atoms with E-state index in [-0.39, 0.29) is 18.2 Å². The second-order valence-corrected chi connectivity index (χ2v) is 5.97. The van der Waals surface area contributed by atoms with E-state index in [9.17, 15) is 14.0 Å². The van der Waals surface area contributed by atoms with E-state index in [0.717, 1.165) is 15.9 Å². The van der Waals surface area contributed by atoms with Crippen molar-refractivity contribution in [3.63, 3.8) is 0 Å². The molecule has 0 saturated carbocycles. The summed E-state index contributed by atoms with van der Waals surface area (Å²) in [4.78, 5) is 25.0. The summed E-state index contributed by atoms with van der Waals surface area (Å²) in [5.41, 5.74) is 3.14. The molecule has 0 aliphatic carbocycles. The number of tetrazole rings is 1. The van der Waals surface area contributed by atoms with Gasteiger partial charge in [0, 0.05) is 11.3 Å². The van der Waals surface area contributed by atoms with Crippen LogP contribution < -0.4 is 10.6 Å². The van der Waals surface area contributed by atoms with Crippen LogP contribution in [-0.2, 0) is 11.3 Å². The smallest absolute Gasteiger partial charge is 0.307 e. The Hall–Kier alpha value is -3.62. The van der Waals surface area contributed by atoms with Crippen molar-refractivity contribution in [1.29, 1.82) is 0 Å². The van der Waals surface area contributed by atoms with Gasteiger partial charge < -0.3 is 5.32 Å². The molecule has 3 amide bonds. The van der Waals surface area contributed by atoms with Gasteiger partial charge in [0.15, 0.2) is 0 Å². The highest BCUT2D eigenvalue weighted by atomic mass is 19.1. The molecule has 0 radical (unpaired) electrons. The van der Waals surface area contributed by atoms with Gasteiger partial charge in [0.1, 0.15) is 12.4 Å². The number of hydrogen-bond acceptors (Lipinski definition) is 5. The normalized spacial score (nSPS) is 10.5. The van der Waals surface area contributed by atoms with Crippen LogP contribution in [0.2, 0.25) is 0 Å². The van der Waals surface area contributed by atoms with Gasteiger partial charge in [-0.2, -0.15) is 4.80 Å². The Kier molecular flexibility index (Phi) is 5.20. The first-order valence-corrected chi connectivity index (χ1v) is 8.12. The van der Waals surface area contributed by atoms with Crippen molar-refractivity contribution in [3.8, 4) is 11.4 Å². The van der Waals surface area contributed by atoms with Crippen LogP contribution in [-0.4, -0.2) is 32.1 Å². The Morgan fingerprint density at radius 2 is 1.85 bits per heavy atom. The fourth-order valence-electron chi connectivity index (χ4n) is 2.43. The number of nitrogens with one attached hydrogen (secondary N) is 2. The number of carbonyl (C=O) groups excluding carboxylic acids is 2. The fraction of sp³-hybridized carbons (Fsp3) is 0.167. The molecule has 0 aliphatic rings. The van der Waals surface area contributed by atoms with Gasteiger partial charge in [-0.15, -0.1) is 10.2 Å². The van der Waals surface area contributed by atoms with Crippen molar-refractivity contribution >= 4 is 17.6 Å². The maximum Gasteiger partial charge on any atom is 0.325 e. The number of amides is 3. The number of urea groups is 1. The minimum atomic E-state index is -0.647. The van der Waals surface area contributed by atoms with Gasteiger partial charge in [-0.05, 0) is 55.0 Å². The molecule has 2 aromatic carbocycles. The van der Waals surface area contributed by atoms with Crippen molar-refractivity contribution in [3.05, 3.63) is 59.4 Å². The molecule has 0 spiro atoms. The average molecular weight is 368 g/mol. The molecule has 3 rings (SSSR count). The van der Waals surface area contributed by atoms with Crippen LogP contribution in [0.4, 0.5) is 14.9 Å². The van der Waals surface area contributed by atoms with Crippen LogP contribution in [0.5, 0.6) is 0 Å². The monoisotopic (exact) mass is 368 g/mol. The van der Waals surface area contributed by atoms with Crippen molar-refractivity contribution in [1.82, 2.24) is 25.5 Å². The molecule has 0 unspecified atom stereocenters. The topological polar surface area (TPSA) is 102 Å². The van der Waals surface area contributed by atoms with Gasteiger partial charge in [0.05, 0.1) is 0 Å². The molecule has 8 nitrogen and oxygen atoms in total. The van der Waals surface area contributed by atoms with Crippen molar-refractivity contribution in [2.24, 2.45) is 0 Å². The number of nitrogens with zero attached hydrogens (tertiary/aromatic N) is 4. The molecule has 2 N–H and O–H groups in total. The Morgan fingerprint density at radius 1 is 1.11 bits per heavy atom. The minimum absolute atomic E-state index is 0.252. The summed E-state index contributed by atoms with van der Waals surface area (Å²) in [7, 11) is 0. The summed E-state index contributed by atoms with van der Waals surface area (Å²) in [6, 6.07) is 10.5. The minimum Gasteiger partial charge on any atom is -0.307 e. The summed E-state index contributed by atoms with van der Waals surface area (Å²) in [5, 5.41) is 16.4. The number of halogens is 1. The first kappa shape index (κ1) is 18.2. The number of aromatic nitrogens is 4. The molecule has 0 atom stereocenters. The standard InChI is InChI=1S/C18H17FN6O2/c1-11-3-8-15(12(2)9-11)20-18(27)21-16(26)10-25-23-17(22-24-25)13-4-6-14(19)7-5-13/h3-9H,10H2,1-2H3,(H2,20,21,26,27). The fourth-order valence-corrected chi connectivity index (χ4v) is 2.43. The molecule has 1 heterocycles. The zero-order chi connectivity index (χ0) is 19.4. The van der Waals surface area contributed by atoms with Crippen LogP contribution in [0.1, 0.15) is 11.1 Å². The summed E-state index contributed by atoms with van der Waals surface area (Å²) in [6.07, 6.45) is 0. The van der Waals surface area contributed by atoms with Crippen LogP contribution in [0, 0.1) is 19.7 Å². The average Bonchev–Trinajstić information content (AvgIpc) is 3.06. The first-order chi connectivity index (χ1) is 12.9. The Bertz CT molecular complexity index is 984. The van der Waals surface area contributed by atoms with Gasteiger partial charge >= 0.3 is 6.03 Å². The van der Waals surface area contributed by atoms with Gasteiger partial charge in [0.2, 0.25) is 5.82 Å². The predicted molar refractivity (Wildman–Crippen MR) is 96.3 cm³/mol. The number of benzene rings is 2. The van der Waals surface area contributed by atoms with Crippen LogP contribution in [0.25, 0.3) is 11.4 Å². The molecule has 27 heavy (non-hydrogen) atoms. The highest BCUT2D eigenvalue weighted by Crippen LogP contribution is 2.16.